The van der Waals surface area contributed by atoms with E-state index < -0.39 is 11.0 Å². The van der Waals surface area contributed by atoms with Gasteiger partial charge in [-0.25, -0.2) is 4.21 Å². The average molecular weight is 472 g/mol. The number of nitrogens with zero attached hydrogens (tertiary/aromatic N) is 1. The van der Waals surface area contributed by atoms with Crippen LogP contribution < -0.4 is 9.62 Å². The van der Waals surface area contributed by atoms with Gasteiger partial charge in [-0.1, -0.05) is 48.1 Å². The van der Waals surface area contributed by atoms with E-state index >= 15 is 0 Å². The number of carbonyl (C=O) groups is 1. The van der Waals surface area contributed by atoms with E-state index in [9.17, 15) is 9.00 Å². The molecule has 1 atom stereocenters. The quantitative estimate of drug-likeness (QED) is 0.576. The molecule has 4 rings (SSSR count). The van der Waals surface area contributed by atoms with Crippen molar-refractivity contribution >= 4 is 63.1 Å². The molecular weight excluding hydrogens is 451 g/mol. The number of hydrogen-bond donors (Lipinski definition) is 1. The predicted molar refractivity (Wildman–Crippen MR) is 122 cm³/mol. The summed E-state index contributed by atoms with van der Waals surface area (Å²) in [6.07, 6.45) is 4.25. The van der Waals surface area contributed by atoms with E-state index in [0.29, 0.717) is 28.7 Å². The summed E-state index contributed by atoms with van der Waals surface area (Å²) in [4.78, 5) is 13.0. The minimum absolute atomic E-state index is 0.102. The molecule has 1 saturated heterocycles. The molecule has 2 aromatic carbocycles. The lowest BCUT2D eigenvalue weighted by atomic mass is 9.66. The van der Waals surface area contributed by atoms with Crippen LogP contribution in [0.2, 0.25) is 15.1 Å². The number of nitrogens with one attached hydrogen (secondary N) is 1. The summed E-state index contributed by atoms with van der Waals surface area (Å²) in [7, 11) is -1.11. The fourth-order valence-corrected chi connectivity index (χ4v) is 5.79. The number of halogens is 3. The van der Waals surface area contributed by atoms with E-state index in [1.54, 1.807) is 22.5 Å². The highest BCUT2D eigenvalue weighted by Gasteiger charge is 2.34. The van der Waals surface area contributed by atoms with E-state index in [-0.39, 0.29) is 26.9 Å². The fraction of sp³-hybridized carbons (Fsp3) is 0.381. The molecule has 1 aliphatic carbocycles. The van der Waals surface area contributed by atoms with Crippen molar-refractivity contribution in [3.05, 3.63) is 56.5 Å². The second-order valence-corrected chi connectivity index (χ2v) is 10.6. The SMILES string of the molecule is CC1(c2cc(Cl)cc(NC(=O)c3cc(N4CCCS4=O)cc(Cl)c3Cl)c2)CCC1. The Labute approximate surface area is 188 Å². The second-order valence-electron chi connectivity index (χ2n) is 7.87. The Morgan fingerprint density at radius 3 is 2.48 bits per heavy atom. The lowest BCUT2D eigenvalue weighted by Crippen LogP contribution is -2.30. The van der Waals surface area contributed by atoms with Crippen LogP contribution in [0, 0.1) is 0 Å². The zero-order valence-electron chi connectivity index (χ0n) is 15.9. The van der Waals surface area contributed by atoms with Gasteiger partial charge in [0.15, 0.2) is 0 Å². The van der Waals surface area contributed by atoms with Gasteiger partial charge >= 0.3 is 0 Å². The number of carbonyl (C=O) groups excluding carboxylic acids is 1. The Morgan fingerprint density at radius 1 is 1.10 bits per heavy atom. The molecule has 1 unspecified atom stereocenters. The zero-order valence-corrected chi connectivity index (χ0v) is 19.0. The molecule has 0 aromatic heterocycles. The first kappa shape index (κ1) is 21.0. The van der Waals surface area contributed by atoms with Crippen molar-refractivity contribution in [3.8, 4) is 0 Å². The van der Waals surface area contributed by atoms with E-state index in [0.717, 1.165) is 24.8 Å². The normalized spacial score (nSPS) is 20.4. The highest BCUT2D eigenvalue weighted by atomic mass is 35.5. The largest absolute Gasteiger partial charge is 0.322 e. The molecule has 2 fully saturated rings. The van der Waals surface area contributed by atoms with Crippen LogP contribution in [0.5, 0.6) is 0 Å². The molecule has 1 amide bonds. The molecular formula is C21H21Cl3N2O2S. The van der Waals surface area contributed by atoms with Gasteiger partial charge in [-0.15, -0.1) is 0 Å². The molecule has 0 bridgehead atoms. The maximum Gasteiger partial charge on any atom is 0.257 e. The molecule has 1 saturated carbocycles. The molecule has 1 aliphatic heterocycles. The van der Waals surface area contributed by atoms with Crippen molar-refractivity contribution in [1.82, 2.24) is 0 Å². The zero-order chi connectivity index (χ0) is 20.8. The van der Waals surface area contributed by atoms with Crippen molar-refractivity contribution in [2.75, 3.05) is 21.9 Å². The fourth-order valence-electron chi connectivity index (χ4n) is 3.88. The van der Waals surface area contributed by atoms with Crippen molar-refractivity contribution in [2.45, 2.75) is 38.0 Å². The summed E-state index contributed by atoms with van der Waals surface area (Å²) >= 11 is 18.9. The van der Waals surface area contributed by atoms with Crippen molar-refractivity contribution in [1.29, 1.82) is 0 Å². The lowest BCUT2D eigenvalue weighted by molar-refractivity contribution is 0.102. The van der Waals surface area contributed by atoms with E-state index in [1.807, 2.05) is 12.1 Å². The first-order chi connectivity index (χ1) is 13.8. The third kappa shape index (κ3) is 4.15. The van der Waals surface area contributed by atoms with Gasteiger partial charge in [-0.2, -0.15) is 0 Å². The van der Waals surface area contributed by atoms with Crippen LogP contribution >= 0.6 is 34.8 Å². The third-order valence-electron chi connectivity index (χ3n) is 5.78. The molecule has 8 heteroatoms. The molecule has 29 heavy (non-hydrogen) atoms. The Bertz CT molecular complexity index is 1010. The van der Waals surface area contributed by atoms with Crippen LogP contribution in [0.3, 0.4) is 0 Å². The van der Waals surface area contributed by atoms with Gasteiger partial charge in [0.05, 0.1) is 21.3 Å². The number of hydrogen-bond acceptors (Lipinski definition) is 2. The van der Waals surface area contributed by atoms with Crippen LogP contribution in [0.1, 0.15) is 48.5 Å². The molecule has 0 spiro atoms. The Balaban J connectivity index is 1.63. The molecule has 154 valence electrons. The first-order valence-corrected chi connectivity index (χ1v) is 12.0. The summed E-state index contributed by atoms with van der Waals surface area (Å²) in [5.74, 6) is 0.224. The lowest BCUT2D eigenvalue weighted by Gasteiger charge is -2.39. The van der Waals surface area contributed by atoms with Crippen molar-refractivity contribution < 1.29 is 9.00 Å². The Morgan fingerprint density at radius 2 is 1.86 bits per heavy atom. The topological polar surface area (TPSA) is 49.4 Å². The van der Waals surface area contributed by atoms with E-state index in [4.69, 9.17) is 34.8 Å². The molecule has 1 N–H and O–H groups in total. The van der Waals surface area contributed by atoms with Gasteiger partial charge in [0, 0.05) is 23.0 Å². The summed E-state index contributed by atoms with van der Waals surface area (Å²) in [6.45, 7) is 2.87. The number of rotatable bonds is 4. The van der Waals surface area contributed by atoms with Gasteiger partial charge in [0.2, 0.25) is 0 Å². The Kier molecular flexibility index (Phi) is 5.86. The summed E-state index contributed by atoms with van der Waals surface area (Å²) in [5, 5.41) is 3.90. The molecule has 4 nitrogen and oxygen atoms in total. The van der Waals surface area contributed by atoms with Crippen LogP contribution in [-0.2, 0) is 16.4 Å². The summed E-state index contributed by atoms with van der Waals surface area (Å²) in [5.41, 5.74) is 2.72. The average Bonchev–Trinajstić information content (AvgIpc) is 3.07. The molecule has 2 aromatic rings. The maximum absolute atomic E-state index is 13.0. The number of benzene rings is 2. The predicted octanol–water partition coefficient (Wildman–Crippen LogP) is 6.21. The van der Waals surface area contributed by atoms with Gasteiger partial charge in [0.25, 0.3) is 5.91 Å². The maximum atomic E-state index is 13.0. The second kappa shape index (κ2) is 8.10. The van der Waals surface area contributed by atoms with Crippen LogP contribution in [0.25, 0.3) is 0 Å². The minimum atomic E-state index is -1.11. The van der Waals surface area contributed by atoms with E-state index in [1.165, 1.54) is 6.42 Å². The highest BCUT2D eigenvalue weighted by molar-refractivity contribution is 7.86. The summed E-state index contributed by atoms with van der Waals surface area (Å²) < 4.78 is 13.9. The van der Waals surface area contributed by atoms with Crippen molar-refractivity contribution in [3.63, 3.8) is 0 Å². The van der Waals surface area contributed by atoms with Gasteiger partial charge in [-0.05, 0) is 60.6 Å². The summed E-state index contributed by atoms with van der Waals surface area (Å²) in [6, 6.07) is 8.95. The van der Waals surface area contributed by atoms with Gasteiger partial charge in [0.1, 0.15) is 11.0 Å². The molecule has 1 heterocycles. The van der Waals surface area contributed by atoms with Crippen LogP contribution in [-0.4, -0.2) is 22.4 Å². The van der Waals surface area contributed by atoms with Gasteiger partial charge in [-0.3, -0.25) is 9.10 Å². The Hall–Kier alpha value is -1.27. The standard InChI is InChI=1S/C21H21Cl3N2O2S/c1-21(4-2-5-21)13-8-14(22)10-15(9-13)25-20(27)17-11-16(12-18(23)19(17)24)26-6-3-7-29(26)28/h8-12H,2-7H2,1H3,(H,25,27). The van der Waals surface area contributed by atoms with Crippen molar-refractivity contribution in [2.24, 2.45) is 0 Å². The first-order valence-electron chi connectivity index (χ1n) is 9.54. The smallest absolute Gasteiger partial charge is 0.257 e. The van der Waals surface area contributed by atoms with E-state index in [2.05, 4.69) is 12.2 Å². The molecule has 0 radical (unpaired) electrons. The monoisotopic (exact) mass is 470 g/mol. The third-order valence-corrected chi connectivity index (χ3v) is 8.32. The number of amides is 1. The number of anilines is 2. The van der Waals surface area contributed by atoms with Crippen LogP contribution in [0.4, 0.5) is 11.4 Å². The minimum Gasteiger partial charge on any atom is -0.322 e. The highest BCUT2D eigenvalue weighted by Crippen LogP contribution is 2.44. The van der Waals surface area contributed by atoms with Gasteiger partial charge < -0.3 is 5.32 Å². The molecule has 2 aliphatic rings. The van der Waals surface area contributed by atoms with Crippen LogP contribution in [0.15, 0.2) is 30.3 Å².